The maximum absolute atomic E-state index is 12.2. The second kappa shape index (κ2) is 6.11. The molecule has 0 bridgehead atoms. The Morgan fingerprint density at radius 1 is 1.21 bits per heavy atom. The van der Waals surface area contributed by atoms with E-state index >= 15 is 0 Å². The van der Waals surface area contributed by atoms with Crippen molar-refractivity contribution in [2.75, 3.05) is 6.54 Å². The van der Waals surface area contributed by atoms with Gasteiger partial charge in [-0.25, -0.2) is 14.4 Å². The van der Waals surface area contributed by atoms with Gasteiger partial charge >= 0.3 is 18.0 Å². The molecule has 0 aromatic rings. The smallest absolute Gasteiger partial charge is 0.410 e. The SMILES string of the molecule is CC1CC(=C2C(=O)OC(C)(C)OC2=O)CCN1C(=O)OC(C)(C)C. The Bertz CT molecular complexity index is 577. The molecule has 2 rings (SSSR count). The molecule has 0 saturated carbocycles. The molecular weight excluding hydrogens is 314 g/mol. The fourth-order valence-corrected chi connectivity index (χ4v) is 2.80. The van der Waals surface area contributed by atoms with Crippen molar-refractivity contribution in [3.05, 3.63) is 11.1 Å². The molecule has 0 aliphatic carbocycles. The van der Waals surface area contributed by atoms with Crippen molar-refractivity contribution < 1.29 is 28.6 Å². The van der Waals surface area contributed by atoms with Crippen LogP contribution >= 0.6 is 0 Å². The third-order valence-electron chi connectivity index (χ3n) is 3.80. The second-order valence-electron chi connectivity index (χ2n) is 7.63. The normalized spacial score (nSPS) is 24.4. The van der Waals surface area contributed by atoms with E-state index in [9.17, 15) is 14.4 Å². The van der Waals surface area contributed by atoms with Gasteiger partial charge in [0.15, 0.2) is 0 Å². The van der Waals surface area contributed by atoms with Crippen LogP contribution in [0.15, 0.2) is 11.1 Å². The van der Waals surface area contributed by atoms with Crippen LogP contribution in [-0.2, 0) is 23.8 Å². The molecule has 1 unspecified atom stereocenters. The van der Waals surface area contributed by atoms with E-state index in [0.29, 0.717) is 25.0 Å². The van der Waals surface area contributed by atoms with E-state index < -0.39 is 29.4 Å². The largest absolute Gasteiger partial charge is 0.444 e. The van der Waals surface area contributed by atoms with Crippen molar-refractivity contribution in [3.8, 4) is 0 Å². The molecule has 1 atom stereocenters. The van der Waals surface area contributed by atoms with Gasteiger partial charge in [-0.1, -0.05) is 0 Å². The predicted octanol–water partition coefficient (Wildman–Crippen LogP) is 2.54. The first-order chi connectivity index (χ1) is 10.9. The number of cyclic esters (lactones) is 2. The first-order valence-electron chi connectivity index (χ1n) is 8.08. The van der Waals surface area contributed by atoms with Gasteiger partial charge in [0.2, 0.25) is 0 Å². The van der Waals surface area contributed by atoms with E-state index in [4.69, 9.17) is 14.2 Å². The lowest BCUT2D eigenvalue weighted by atomic mass is 9.93. The number of likely N-dealkylation sites (tertiary alicyclic amines) is 1. The Morgan fingerprint density at radius 3 is 2.21 bits per heavy atom. The molecule has 1 amide bonds. The maximum Gasteiger partial charge on any atom is 0.410 e. The summed E-state index contributed by atoms with van der Waals surface area (Å²) in [5.74, 6) is -2.57. The summed E-state index contributed by atoms with van der Waals surface area (Å²) < 4.78 is 15.7. The number of hydrogen-bond acceptors (Lipinski definition) is 6. The monoisotopic (exact) mass is 339 g/mol. The summed E-state index contributed by atoms with van der Waals surface area (Å²) >= 11 is 0. The average molecular weight is 339 g/mol. The van der Waals surface area contributed by atoms with Crippen LogP contribution in [0.1, 0.15) is 54.4 Å². The summed E-state index contributed by atoms with van der Waals surface area (Å²) in [6, 6.07) is -0.188. The van der Waals surface area contributed by atoms with Gasteiger partial charge in [-0.3, -0.25) is 0 Å². The highest BCUT2D eigenvalue weighted by Crippen LogP contribution is 2.31. The molecule has 2 fully saturated rings. The summed E-state index contributed by atoms with van der Waals surface area (Å²) in [6.07, 6.45) is 0.414. The van der Waals surface area contributed by atoms with Gasteiger partial charge in [0, 0.05) is 26.4 Å². The van der Waals surface area contributed by atoms with Crippen molar-refractivity contribution in [3.63, 3.8) is 0 Å². The highest BCUT2D eigenvalue weighted by atomic mass is 16.7. The van der Waals surface area contributed by atoms with E-state index in [1.165, 1.54) is 13.8 Å². The van der Waals surface area contributed by atoms with Gasteiger partial charge in [-0.15, -0.1) is 0 Å². The number of amides is 1. The summed E-state index contributed by atoms with van der Waals surface area (Å²) in [5, 5.41) is 0. The number of carbonyl (C=O) groups is 3. The van der Waals surface area contributed by atoms with Crippen LogP contribution in [0.3, 0.4) is 0 Å². The fourth-order valence-electron chi connectivity index (χ4n) is 2.80. The van der Waals surface area contributed by atoms with Crippen LogP contribution in [-0.4, -0.2) is 46.9 Å². The Morgan fingerprint density at radius 2 is 1.75 bits per heavy atom. The standard InChI is InChI=1S/C17H25NO6/c1-10-9-11(7-8-18(10)15(21)24-16(2,3)4)12-13(19)22-17(5,6)23-14(12)20/h10H,7-9H2,1-6H3. The maximum atomic E-state index is 12.2. The predicted molar refractivity (Wildman–Crippen MR) is 84.9 cm³/mol. The van der Waals surface area contributed by atoms with E-state index in [1.54, 1.807) is 4.90 Å². The van der Waals surface area contributed by atoms with Crippen molar-refractivity contribution in [1.29, 1.82) is 0 Å². The molecule has 134 valence electrons. The number of hydrogen-bond donors (Lipinski definition) is 0. The van der Waals surface area contributed by atoms with Gasteiger partial charge in [0.1, 0.15) is 11.2 Å². The first kappa shape index (κ1) is 18.3. The minimum absolute atomic E-state index is 0.0370. The lowest BCUT2D eigenvalue weighted by Crippen LogP contribution is -2.47. The van der Waals surface area contributed by atoms with E-state index in [0.717, 1.165) is 0 Å². The van der Waals surface area contributed by atoms with Crippen LogP contribution in [0.5, 0.6) is 0 Å². The Balaban J connectivity index is 2.14. The number of piperidine rings is 1. The van der Waals surface area contributed by atoms with Crippen molar-refractivity contribution >= 4 is 18.0 Å². The number of ether oxygens (including phenoxy) is 3. The molecule has 7 heteroatoms. The molecule has 0 spiro atoms. The van der Waals surface area contributed by atoms with Crippen molar-refractivity contribution in [2.24, 2.45) is 0 Å². The van der Waals surface area contributed by atoms with Gasteiger partial charge < -0.3 is 19.1 Å². The molecule has 2 heterocycles. The quantitative estimate of drug-likeness (QED) is 0.383. The summed E-state index contributed by atoms with van der Waals surface area (Å²) in [7, 11) is 0. The van der Waals surface area contributed by atoms with Gasteiger partial charge in [-0.05, 0) is 46.1 Å². The van der Waals surface area contributed by atoms with Crippen LogP contribution < -0.4 is 0 Å². The molecule has 7 nitrogen and oxygen atoms in total. The minimum atomic E-state index is -1.25. The summed E-state index contributed by atoms with van der Waals surface area (Å²) in [5.41, 5.74) is 0.0517. The molecule has 2 aliphatic rings. The van der Waals surface area contributed by atoms with Crippen LogP contribution in [0.25, 0.3) is 0 Å². The van der Waals surface area contributed by atoms with E-state index in [2.05, 4.69) is 0 Å². The molecule has 0 aromatic carbocycles. The summed E-state index contributed by atoms with van der Waals surface area (Å²) in [4.78, 5) is 38.1. The number of nitrogens with zero attached hydrogens (tertiary/aromatic N) is 1. The fraction of sp³-hybridized carbons (Fsp3) is 0.706. The zero-order chi connectivity index (χ0) is 18.3. The number of rotatable bonds is 0. The first-order valence-corrected chi connectivity index (χ1v) is 8.08. The van der Waals surface area contributed by atoms with E-state index in [1.807, 2.05) is 27.7 Å². The van der Waals surface area contributed by atoms with Crippen molar-refractivity contribution in [2.45, 2.75) is 71.8 Å². The van der Waals surface area contributed by atoms with Gasteiger partial charge in [-0.2, -0.15) is 0 Å². The Labute approximate surface area is 141 Å². The minimum Gasteiger partial charge on any atom is -0.444 e. The van der Waals surface area contributed by atoms with Crippen LogP contribution in [0, 0.1) is 0 Å². The van der Waals surface area contributed by atoms with Crippen LogP contribution in [0.4, 0.5) is 4.79 Å². The molecule has 2 aliphatic heterocycles. The topological polar surface area (TPSA) is 82.1 Å². The zero-order valence-electron chi connectivity index (χ0n) is 15.1. The highest BCUT2D eigenvalue weighted by Gasteiger charge is 2.42. The second-order valence-corrected chi connectivity index (χ2v) is 7.63. The Hall–Kier alpha value is -2.05. The van der Waals surface area contributed by atoms with Crippen LogP contribution in [0.2, 0.25) is 0 Å². The molecule has 24 heavy (non-hydrogen) atoms. The zero-order valence-corrected chi connectivity index (χ0v) is 15.1. The molecule has 0 aromatic heterocycles. The van der Waals surface area contributed by atoms with Crippen molar-refractivity contribution in [1.82, 2.24) is 4.90 Å². The average Bonchev–Trinajstić information content (AvgIpc) is 2.33. The number of carbonyl (C=O) groups excluding carboxylic acids is 3. The molecule has 2 saturated heterocycles. The molecular formula is C17H25NO6. The number of esters is 2. The Kier molecular flexibility index (Phi) is 4.65. The van der Waals surface area contributed by atoms with Gasteiger partial charge in [0.05, 0.1) is 0 Å². The molecule has 0 N–H and O–H groups in total. The lowest BCUT2D eigenvalue weighted by Gasteiger charge is -2.37. The lowest BCUT2D eigenvalue weighted by molar-refractivity contribution is -0.222. The van der Waals surface area contributed by atoms with E-state index in [-0.39, 0.29) is 11.6 Å². The van der Waals surface area contributed by atoms with Gasteiger partial charge in [0.25, 0.3) is 5.79 Å². The molecule has 0 radical (unpaired) electrons. The summed E-state index contributed by atoms with van der Waals surface area (Å²) in [6.45, 7) is 10.7. The highest BCUT2D eigenvalue weighted by molar-refractivity contribution is 6.16. The third kappa shape index (κ3) is 4.07. The third-order valence-corrected chi connectivity index (χ3v) is 3.80.